The molecule has 0 saturated heterocycles. The molecule has 0 radical (unpaired) electrons. The van der Waals surface area contributed by atoms with Crippen molar-refractivity contribution in [1.29, 1.82) is 0 Å². The maximum Gasteiger partial charge on any atom is 0.162 e. The average Bonchev–Trinajstić information content (AvgIpc) is 2.48. The third-order valence-corrected chi connectivity index (χ3v) is 5.29. The summed E-state index contributed by atoms with van der Waals surface area (Å²) >= 11 is 9.23. The molecular weight excluding hydrogens is 515 g/mol. The second-order valence-corrected chi connectivity index (χ2v) is 7.54. The topological polar surface area (TPSA) is 38.7 Å². The van der Waals surface area contributed by atoms with Crippen molar-refractivity contribution in [3.05, 3.63) is 54.0 Å². The summed E-state index contributed by atoms with van der Waals surface area (Å²) in [7, 11) is 0. The van der Waals surface area contributed by atoms with Gasteiger partial charge in [-0.2, -0.15) is 0 Å². The highest BCUT2D eigenvalue weighted by Gasteiger charge is 2.21. The number of benzene rings is 2. The van der Waals surface area contributed by atoms with E-state index < -0.39 is 6.10 Å². The molecule has 1 aliphatic rings. The molecule has 0 spiro atoms. The molecule has 2 aromatic carbocycles. The smallest absolute Gasteiger partial charge is 0.162 e. The Hall–Kier alpha value is -0.310. The molecule has 0 fully saturated rings. The van der Waals surface area contributed by atoms with Crippen molar-refractivity contribution in [2.75, 3.05) is 13.2 Å². The molecule has 1 atom stereocenters. The van der Waals surface area contributed by atoms with Gasteiger partial charge in [-0.3, -0.25) is 0 Å². The van der Waals surface area contributed by atoms with Gasteiger partial charge in [0.05, 0.1) is 0 Å². The van der Waals surface area contributed by atoms with Crippen molar-refractivity contribution in [2.45, 2.75) is 6.10 Å². The van der Waals surface area contributed by atoms with Crippen LogP contribution in [0.2, 0.25) is 0 Å². The van der Waals surface area contributed by atoms with Crippen LogP contribution >= 0.6 is 54.5 Å². The summed E-state index contributed by atoms with van der Waals surface area (Å²) in [5.74, 6) is 1.37. The second-order valence-electron chi connectivity index (χ2n) is 4.59. The molecule has 6 heteroatoms. The quantitative estimate of drug-likeness (QED) is 0.579. The molecule has 1 N–H and O–H groups in total. The molecule has 0 aromatic heterocycles. The summed E-state index contributed by atoms with van der Waals surface area (Å²) in [4.78, 5) is 0. The first kappa shape index (κ1) is 15.6. The van der Waals surface area contributed by atoms with Crippen LogP contribution in [0.25, 0.3) is 0 Å². The summed E-state index contributed by atoms with van der Waals surface area (Å²) in [5.41, 5.74) is 1.57. The lowest BCUT2D eigenvalue weighted by atomic mass is 10.0. The van der Waals surface area contributed by atoms with Crippen molar-refractivity contribution in [3.63, 3.8) is 0 Å². The highest BCUT2D eigenvalue weighted by molar-refractivity contribution is 14.1. The van der Waals surface area contributed by atoms with E-state index in [0.717, 1.165) is 23.6 Å². The van der Waals surface area contributed by atoms with Crippen LogP contribution in [-0.4, -0.2) is 18.3 Å². The van der Waals surface area contributed by atoms with E-state index in [2.05, 4.69) is 54.5 Å². The minimum atomic E-state index is -0.751. The highest BCUT2D eigenvalue weighted by Crippen LogP contribution is 2.40. The number of rotatable bonds is 2. The van der Waals surface area contributed by atoms with Crippen LogP contribution < -0.4 is 9.47 Å². The van der Waals surface area contributed by atoms with Crippen LogP contribution in [-0.2, 0) is 0 Å². The van der Waals surface area contributed by atoms with E-state index in [-0.39, 0.29) is 0 Å². The Morgan fingerprint density at radius 2 is 1.57 bits per heavy atom. The van der Waals surface area contributed by atoms with E-state index in [4.69, 9.17) is 9.47 Å². The van der Waals surface area contributed by atoms with Crippen LogP contribution in [0.3, 0.4) is 0 Å². The van der Waals surface area contributed by atoms with E-state index in [1.807, 2.05) is 30.3 Å². The minimum absolute atomic E-state index is 0.525. The number of aliphatic hydroxyl groups is 1. The van der Waals surface area contributed by atoms with Gasteiger partial charge in [-0.05, 0) is 52.9 Å². The molecule has 3 rings (SSSR count). The summed E-state index contributed by atoms with van der Waals surface area (Å²) in [6.45, 7) is 1.07. The molecule has 2 aromatic rings. The Bertz CT molecular complexity index is 691. The SMILES string of the molecule is OC(c1cc(I)ccc1Br)c1cc2c(cc1Br)OCCO2. The van der Waals surface area contributed by atoms with Gasteiger partial charge < -0.3 is 14.6 Å². The van der Waals surface area contributed by atoms with Crippen molar-refractivity contribution in [2.24, 2.45) is 0 Å². The second kappa shape index (κ2) is 6.44. The molecule has 3 nitrogen and oxygen atoms in total. The molecule has 1 heterocycles. The van der Waals surface area contributed by atoms with E-state index in [0.29, 0.717) is 24.7 Å². The fraction of sp³-hybridized carbons (Fsp3) is 0.200. The minimum Gasteiger partial charge on any atom is -0.486 e. The van der Waals surface area contributed by atoms with Gasteiger partial charge in [0.15, 0.2) is 11.5 Å². The predicted octanol–water partition coefficient (Wildman–Crippen LogP) is 4.67. The maximum absolute atomic E-state index is 10.7. The van der Waals surface area contributed by atoms with Crippen LogP contribution in [0, 0.1) is 3.57 Å². The normalized spacial score (nSPS) is 14.9. The van der Waals surface area contributed by atoms with Gasteiger partial charge in [-0.25, -0.2) is 0 Å². The van der Waals surface area contributed by atoms with Gasteiger partial charge in [0.2, 0.25) is 0 Å². The van der Waals surface area contributed by atoms with E-state index in [1.165, 1.54) is 0 Å². The van der Waals surface area contributed by atoms with Crippen molar-refractivity contribution in [1.82, 2.24) is 0 Å². The molecule has 110 valence electrons. The maximum atomic E-state index is 10.7. The van der Waals surface area contributed by atoms with Gasteiger partial charge >= 0.3 is 0 Å². The number of aliphatic hydroxyl groups excluding tert-OH is 1. The van der Waals surface area contributed by atoms with E-state index in [9.17, 15) is 5.11 Å². The Kier molecular flexibility index (Phi) is 4.78. The zero-order chi connectivity index (χ0) is 15.0. The predicted molar refractivity (Wildman–Crippen MR) is 96.1 cm³/mol. The number of hydrogen-bond acceptors (Lipinski definition) is 3. The summed E-state index contributed by atoms with van der Waals surface area (Å²) in [5, 5.41) is 10.7. The van der Waals surface area contributed by atoms with Crippen LogP contribution in [0.4, 0.5) is 0 Å². The Labute approximate surface area is 153 Å². The molecule has 0 bridgehead atoms. The van der Waals surface area contributed by atoms with Crippen molar-refractivity contribution < 1.29 is 14.6 Å². The first-order valence-corrected chi connectivity index (χ1v) is 8.95. The number of ether oxygens (including phenoxy) is 2. The molecule has 21 heavy (non-hydrogen) atoms. The van der Waals surface area contributed by atoms with E-state index >= 15 is 0 Å². The van der Waals surface area contributed by atoms with Crippen LogP contribution in [0.15, 0.2) is 39.3 Å². The third-order valence-electron chi connectivity index (χ3n) is 3.21. The lowest BCUT2D eigenvalue weighted by molar-refractivity contribution is 0.169. The van der Waals surface area contributed by atoms with Crippen LogP contribution in [0.5, 0.6) is 11.5 Å². The molecule has 1 aliphatic heterocycles. The van der Waals surface area contributed by atoms with Crippen molar-refractivity contribution in [3.8, 4) is 11.5 Å². The first-order valence-electron chi connectivity index (χ1n) is 6.28. The van der Waals surface area contributed by atoms with Gasteiger partial charge in [0.25, 0.3) is 0 Å². The van der Waals surface area contributed by atoms with Gasteiger partial charge in [0.1, 0.15) is 19.3 Å². The number of fused-ring (bicyclic) bond motifs is 1. The largest absolute Gasteiger partial charge is 0.486 e. The Balaban J connectivity index is 2.05. The molecule has 0 amide bonds. The summed E-state index contributed by atoms with van der Waals surface area (Å²) < 4.78 is 13.9. The number of halogens is 3. The lowest BCUT2D eigenvalue weighted by Crippen LogP contribution is -2.16. The third kappa shape index (κ3) is 3.23. The van der Waals surface area contributed by atoms with Crippen LogP contribution in [0.1, 0.15) is 17.2 Å². The van der Waals surface area contributed by atoms with Crippen molar-refractivity contribution >= 4 is 54.5 Å². The fourth-order valence-electron chi connectivity index (χ4n) is 2.18. The van der Waals surface area contributed by atoms with Gasteiger partial charge in [-0.15, -0.1) is 0 Å². The molecule has 1 unspecified atom stereocenters. The zero-order valence-electron chi connectivity index (χ0n) is 10.8. The fourth-order valence-corrected chi connectivity index (χ4v) is 3.70. The molecule has 0 saturated carbocycles. The van der Waals surface area contributed by atoms with Gasteiger partial charge in [-0.1, -0.05) is 31.9 Å². The number of hydrogen-bond donors (Lipinski definition) is 1. The lowest BCUT2D eigenvalue weighted by Gasteiger charge is -2.22. The summed E-state index contributed by atoms with van der Waals surface area (Å²) in [6.07, 6.45) is -0.751. The molecular formula is C15H11Br2IO3. The summed E-state index contributed by atoms with van der Waals surface area (Å²) in [6, 6.07) is 9.55. The Morgan fingerprint density at radius 1 is 0.952 bits per heavy atom. The standard InChI is InChI=1S/C15H11Br2IO3/c16-11-2-1-8(18)5-9(11)15(19)10-6-13-14(7-12(10)17)21-4-3-20-13/h1-2,5-7,15,19H,3-4H2. The zero-order valence-corrected chi connectivity index (χ0v) is 16.1. The average molecular weight is 526 g/mol. The first-order chi connectivity index (χ1) is 10.1. The highest BCUT2D eigenvalue weighted by atomic mass is 127. The van der Waals surface area contributed by atoms with E-state index in [1.54, 1.807) is 0 Å². The Morgan fingerprint density at radius 3 is 2.29 bits per heavy atom. The molecule has 0 aliphatic carbocycles. The van der Waals surface area contributed by atoms with Gasteiger partial charge in [0, 0.05) is 23.6 Å². The monoisotopic (exact) mass is 524 g/mol.